The van der Waals surface area contributed by atoms with Crippen LogP contribution in [0.4, 0.5) is 0 Å². The number of benzene rings is 1. The standard InChI is InChI=1S/C16H21N5O3/c1-21-8-7-18-10-13(21)16-19-14(24-20-16)6-9-23-12-4-2-11(3-5-12)15(17)22/h2-5,13,18H,6-10H2,1H3,(H2,17,22). The maximum Gasteiger partial charge on any atom is 0.248 e. The lowest BCUT2D eigenvalue weighted by molar-refractivity contribution is 0.100. The van der Waals surface area contributed by atoms with Crippen molar-refractivity contribution in [1.29, 1.82) is 0 Å². The van der Waals surface area contributed by atoms with Gasteiger partial charge < -0.3 is 20.3 Å². The number of likely N-dealkylation sites (N-methyl/N-ethyl adjacent to an activating group) is 1. The molecular formula is C16H21N5O3. The van der Waals surface area contributed by atoms with Crippen molar-refractivity contribution in [3.63, 3.8) is 0 Å². The topological polar surface area (TPSA) is 107 Å². The van der Waals surface area contributed by atoms with Crippen LogP contribution in [0.3, 0.4) is 0 Å². The number of nitrogens with two attached hydrogens (primary N) is 1. The molecule has 1 aliphatic rings. The molecule has 0 bridgehead atoms. The Morgan fingerprint density at radius 3 is 2.96 bits per heavy atom. The molecule has 1 aliphatic heterocycles. The van der Waals surface area contributed by atoms with Crippen LogP contribution >= 0.6 is 0 Å². The Morgan fingerprint density at radius 2 is 2.25 bits per heavy atom. The first kappa shape index (κ1) is 16.4. The zero-order valence-corrected chi connectivity index (χ0v) is 13.6. The van der Waals surface area contributed by atoms with Gasteiger partial charge in [-0.25, -0.2) is 0 Å². The van der Waals surface area contributed by atoms with Gasteiger partial charge >= 0.3 is 0 Å². The molecule has 0 aliphatic carbocycles. The van der Waals surface area contributed by atoms with Gasteiger partial charge in [0.25, 0.3) is 0 Å². The highest BCUT2D eigenvalue weighted by Gasteiger charge is 2.25. The zero-order valence-electron chi connectivity index (χ0n) is 13.6. The molecule has 1 saturated heterocycles. The highest BCUT2D eigenvalue weighted by Crippen LogP contribution is 2.18. The molecule has 0 saturated carbocycles. The van der Waals surface area contributed by atoms with E-state index in [-0.39, 0.29) is 6.04 Å². The molecule has 1 amide bonds. The van der Waals surface area contributed by atoms with Gasteiger partial charge in [-0.3, -0.25) is 9.69 Å². The average molecular weight is 331 g/mol. The van der Waals surface area contributed by atoms with Crippen LogP contribution in [0, 0.1) is 0 Å². The summed E-state index contributed by atoms with van der Waals surface area (Å²) in [6, 6.07) is 6.82. The van der Waals surface area contributed by atoms with Gasteiger partial charge in [0.15, 0.2) is 5.82 Å². The Labute approximate surface area is 140 Å². The largest absolute Gasteiger partial charge is 0.493 e. The number of nitrogens with one attached hydrogen (secondary N) is 1. The van der Waals surface area contributed by atoms with Gasteiger partial charge in [0.1, 0.15) is 5.75 Å². The van der Waals surface area contributed by atoms with Crippen LogP contribution in [0.1, 0.15) is 28.1 Å². The zero-order chi connectivity index (χ0) is 16.9. The van der Waals surface area contributed by atoms with Crippen molar-refractivity contribution in [2.45, 2.75) is 12.5 Å². The summed E-state index contributed by atoms with van der Waals surface area (Å²) in [5.74, 6) is 1.46. The number of nitrogens with zero attached hydrogens (tertiary/aromatic N) is 3. The predicted octanol–water partition coefficient (Wildman–Crippen LogP) is 0.366. The number of amides is 1. The van der Waals surface area contributed by atoms with E-state index in [1.807, 2.05) is 0 Å². The van der Waals surface area contributed by atoms with E-state index in [9.17, 15) is 4.79 Å². The lowest BCUT2D eigenvalue weighted by Gasteiger charge is -2.30. The van der Waals surface area contributed by atoms with Gasteiger partial charge in [-0.1, -0.05) is 5.16 Å². The fourth-order valence-corrected chi connectivity index (χ4v) is 2.57. The summed E-state index contributed by atoms with van der Waals surface area (Å²) >= 11 is 0. The third-order valence-corrected chi connectivity index (χ3v) is 4.02. The monoisotopic (exact) mass is 331 g/mol. The number of hydrogen-bond acceptors (Lipinski definition) is 7. The van der Waals surface area contributed by atoms with E-state index in [1.165, 1.54) is 0 Å². The van der Waals surface area contributed by atoms with Crippen LogP contribution in [0.5, 0.6) is 5.75 Å². The SMILES string of the molecule is CN1CCNCC1c1noc(CCOc2ccc(C(N)=O)cc2)n1. The molecule has 2 heterocycles. The summed E-state index contributed by atoms with van der Waals surface area (Å²) < 4.78 is 10.9. The molecule has 1 atom stereocenters. The summed E-state index contributed by atoms with van der Waals surface area (Å²) in [4.78, 5) is 17.7. The van der Waals surface area contributed by atoms with Gasteiger partial charge in [0.2, 0.25) is 11.8 Å². The molecule has 1 unspecified atom stereocenters. The molecular weight excluding hydrogens is 310 g/mol. The molecule has 8 heteroatoms. The number of aromatic nitrogens is 2. The molecule has 2 aromatic rings. The van der Waals surface area contributed by atoms with E-state index in [1.54, 1.807) is 24.3 Å². The first-order valence-electron chi connectivity index (χ1n) is 7.89. The second-order valence-electron chi connectivity index (χ2n) is 5.73. The Morgan fingerprint density at radius 1 is 1.46 bits per heavy atom. The van der Waals surface area contributed by atoms with E-state index < -0.39 is 5.91 Å². The summed E-state index contributed by atoms with van der Waals surface area (Å²) in [5.41, 5.74) is 5.65. The third kappa shape index (κ3) is 3.90. The number of ether oxygens (including phenoxy) is 1. The van der Waals surface area contributed by atoms with Crippen molar-refractivity contribution in [3.8, 4) is 5.75 Å². The molecule has 0 spiro atoms. The van der Waals surface area contributed by atoms with Gasteiger partial charge in [-0.05, 0) is 31.3 Å². The van der Waals surface area contributed by atoms with E-state index >= 15 is 0 Å². The highest BCUT2D eigenvalue weighted by atomic mass is 16.5. The van der Waals surface area contributed by atoms with Crippen molar-refractivity contribution in [3.05, 3.63) is 41.5 Å². The first-order chi connectivity index (χ1) is 11.6. The Balaban J connectivity index is 1.51. The summed E-state index contributed by atoms with van der Waals surface area (Å²) in [6.45, 7) is 3.16. The maximum absolute atomic E-state index is 11.0. The van der Waals surface area contributed by atoms with Gasteiger partial charge in [0.05, 0.1) is 19.1 Å². The number of piperazine rings is 1. The first-order valence-corrected chi connectivity index (χ1v) is 7.89. The second-order valence-corrected chi connectivity index (χ2v) is 5.73. The summed E-state index contributed by atoms with van der Waals surface area (Å²) in [6.07, 6.45) is 0.522. The van der Waals surface area contributed by atoms with Crippen LogP contribution in [0.15, 0.2) is 28.8 Å². The molecule has 3 rings (SSSR count). The average Bonchev–Trinajstić information content (AvgIpc) is 3.04. The number of primary amides is 1. The van der Waals surface area contributed by atoms with Crippen LogP contribution < -0.4 is 15.8 Å². The second kappa shape index (κ2) is 7.41. The molecule has 24 heavy (non-hydrogen) atoms. The van der Waals surface area contributed by atoms with Crippen molar-refractivity contribution in [2.75, 3.05) is 33.3 Å². The minimum Gasteiger partial charge on any atom is -0.493 e. The van der Waals surface area contributed by atoms with Crippen molar-refractivity contribution in [2.24, 2.45) is 5.73 Å². The van der Waals surface area contributed by atoms with E-state index in [0.717, 1.165) is 19.6 Å². The van der Waals surface area contributed by atoms with Crippen molar-refractivity contribution in [1.82, 2.24) is 20.4 Å². The molecule has 1 aromatic heterocycles. The summed E-state index contributed by atoms with van der Waals surface area (Å²) in [7, 11) is 2.06. The molecule has 0 radical (unpaired) electrons. The quantitative estimate of drug-likeness (QED) is 0.787. The van der Waals surface area contributed by atoms with Crippen LogP contribution in [0.25, 0.3) is 0 Å². The van der Waals surface area contributed by atoms with Crippen molar-refractivity contribution < 1.29 is 14.1 Å². The fraction of sp³-hybridized carbons (Fsp3) is 0.438. The minimum absolute atomic E-state index is 0.138. The van der Waals surface area contributed by atoms with Crippen LogP contribution in [-0.4, -0.2) is 54.2 Å². The molecule has 128 valence electrons. The number of rotatable bonds is 6. The minimum atomic E-state index is -0.456. The highest BCUT2D eigenvalue weighted by molar-refractivity contribution is 5.92. The Hall–Kier alpha value is -2.45. The van der Waals surface area contributed by atoms with E-state index in [0.29, 0.717) is 36.1 Å². The van der Waals surface area contributed by atoms with Gasteiger partial charge in [0, 0.05) is 25.2 Å². The van der Waals surface area contributed by atoms with Gasteiger partial charge in [-0.2, -0.15) is 4.98 Å². The normalized spacial score (nSPS) is 18.5. The van der Waals surface area contributed by atoms with Crippen molar-refractivity contribution >= 4 is 5.91 Å². The Kier molecular flexibility index (Phi) is 5.07. The third-order valence-electron chi connectivity index (χ3n) is 4.02. The van der Waals surface area contributed by atoms with E-state index in [4.69, 9.17) is 15.0 Å². The van der Waals surface area contributed by atoms with E-state index in [2.05, 4.69) is 27.4 Å². The Bertz CT molecular complexity index is 685. The fourth-order valence-electron chi connectivity index (χ4n) is 2.57. The maximum atomic E-state index is 11.0. The number of carbonyl (C=O) groups excluding carboxylic acids is 1. The van der Waals surface area contributed by atoms with Crippen LogP contribution in [0.2, 0.25) is 0 Å². The van der Waals surface area contributed by atoms with Crippen LogP contribution in [-0.2, 0) is 6.42 Å². The molecule has 3 N–H and O–H groups in total. The number of hydrogen-bond donors (Lipinski definition) is 2. The predicted molar refractivity (Wildman–Crippen MR) is 86.7 cm³/mol. The van der Waals surface area contributed by atoms with Gasteiger partial charge in [-0.15, -0.1) is 0 Å². The number of carbonyl (C=O) groups is 1. The molecule has 1 fully saturated rings. The summed E-state index contributed by atoms with van der Waals surface area (Å²) in [5, 5.41) is 7.40. The smallest absolute Gasteiger partial charge is 0.248 e. The lowest BCUT2D eigenvalue weighted by Crippen LogP contribution is -2.44. The molecule has 8 nitrogen and oxygen atoms in total. The molecule has 1 aromatic carbocycles. The lowest BCUT2D eigenvalue weighted by atomic mass is 10.2.